The summed E-state index contributed by atoms with van der Waals surface area (Å²) in [6.45, 7) is 11.7. The number of fused-ring (bicyclic) bond motifs is 8. The quantitative estimate of drug-likeness (QED) is 0.214. The SMILES string of the molecule is CCC1([C@H]2c3ccccc3-c3cccc[n+]32)[n+]2ccc3ccccc3c2-c2ccccc2C1(C)C.CCCC. The van der Waals surface area contributed by atoms with Gasteiger partial charge in [-0.25, -0.2) is 0 Å². The smallest absolute Gasteiger partial charge is 0.184 e. The summed E-state index contributed by atoms with van der Waals surface area (Å²) in [6, 6.07) is 36.1. The molecule has 7 rings (SSSR count). The van der Waals surface area contributed by atoms with Gasteiger partial charge in [-0.05, 0) is 49.1 Å². The Balaban J connectivity index is 0.000000650. The number of hydrogen-bond acceptors (Lipinski definition) is 0. The Bertz CT molecular complexity index is 1620. The van der Waals surface area contributed by atoms with Crippen LogP contribution in [0.4, 0.5) is 0 Å². The number of hydrogen-bond donors (Lipinski definition) is 0. The monoisotopic (exact) mass is 512 g/mol. The van der Waals surface area contributed by atoms with Crippen LogP contribution < -0.4 is 9.13 Å². The van der Waals surface area contributed by atoms with Gasteiger partial charge in [0.1, 0.15) is 0 Å². The molecular weight excluding hydrogens is 472 g/mol. The molecule has 0 N–H and O–H groups in total. The van der Waals surface area contributed by atoms with E-state index >= 15 is 0 Å². The van der Waals surface area contributed by atoms with Crippen LogP contribution in [0.2, 0.25) is 0 Å². The third-order valence-electron chi connectivity index (χ3n) is 9.42. The fourth-order valence-electron chi connectivity index (χ4n) is 7.39. The number of nitrogens with zero attached hydrogens (tertiary/aromatic N) is 2. The second-order valence-corrected chi connectivity index (χ2v) is 11.6. The molecule has 39 heavy (non-hydrogen) atoms. The van der Waals surface area contributed by atoms with Gasteiger partial charge in [-0.2, -0.15) is 9.13 Å². The first kappa shape index (κ1) is 25.5. The minimum atomic E-state index is -0.214. The van der Waals surface area contributed by atoms with Crippen LogP contribution in [0.15, 0.2) is 109 Å². The molecule has 5 aromatic rings. The summed E-state index contributed by atoms with van der Waals surface area (Å²) in [5.74, 6) is 0. The molecule has 0 saturated carbocycles. The Morgan fingerprint density at radius 2 is 1.33 bits per heavy atom. The van der Waals surface area contributed by atoms with E-state index in [-0.39, 0.29) is 17.0 Å². The van der Waals surface area contributed by atoms with Gasteiger partial charge >= 0.3 is 0 Å². The van der Waals surface area contributed by atoms with E-state index in [1.54, 1.807) is 0 Å². The van der Waals surface area contributed by atoms with Gasteiger partial charge < -0.3 is 0 Å². The van der Waals surface area contributed by atoms with Crippen molar-refractivity contribution in [2.45, 2.75) is 70.9 Å². The zero-order valence-corrected chi connectivity index (χ0v) is 24.0. The standard InChI is InChI=1S/C33H30N2.C4H10/c1-4-33(31-26-16-8-7-15-25(26)29-19-11-12-21-34(29)31)32(2,3)28-18-10-9-17-27(28)30-24-14-6-5-13-23(24)20-22-35(30)33;1-3-4-2/h5-22,31H,4H2,1-3H3;3-4H2,1-2H3/q+2;/t31-,33?;/m1./s1. The van der Waals surface area contributed by atoms with Crippen LogP contribution in [0.25, 0.3) is 33.3 Å². The zero-order valence-electron chi connectivity index (χ0n) is 24.0. The van der Waals surface area contributed by atoms with E-state index < -0.39 is 0 Å². The van der Waals surface area contributed by atoms with Crippen LogP contribution in [0, 0.1) is 0 Å². The first-order valence-electron chi connectivity index (χ1n) is 14.6. The first-order valence-corrected chi connectivity index (χ1v) is 14.6. The Morgan fingerprint density at radius 1 is 0.667 bits per heavy atom. The highest BCUT2D eigenvalue weighted by molar-refractivity contribution is 5.94. The number of rotatable bonds is 3. The highest BCUT2D eigenvalue weighted by Gasteiger charge is 2.68. The third kappa shape index (κ3) is 3.54. The van der Waals surface area contributed by atoms with Crippen LogP contribution in [-0.4, -0.2) is 0 Å². The van der Waals surface area contributed by atoms with E-state index in [4.69, 9.17) is 0 Å². The number of unbranched alkanes of at least 4 members (excludes halogenated alkanes) is 1. The van der Waals surface area contributed by atoms with Crippen molar-refractivity contribution in [1.29, 1.82) is 0 Å². The second-order valence-electron chi connectivity index (χ2n) is 11.6. The Hall–Kier alpha value is -3.78. The van der Waals surface area contributed by atoms with Gasteiger partial charge in [0.15, 0.2) is 12.4 Å². The van der Waals surface area contributed by atoms with Gasteiger partial charge in [0, 0.05) is 30.2 Å². The molecule has 0 amide bonds. The van der Waals surface area contributed by atoms with Gasteiger partial charge in [-0.3, -0.25) is 0 Å². The Morgan fingerprint density at radius 3 is 2.10 bits per heavy atom. The topological polar surface area (TPSA) is 7.76 Å². The van der Waals surface area contributed by atoms with Crippen molar-refractivity contribution in [3.05, 3.63) is 121 Å². The average molecular weight is 513 g/mol. The van der Waals surface area contributed by atoms with Gasteiger partial charge in [0.2, 0.25) is 23.0 Å². The van der Waals surface area contributed by atoms with Crippen LogP contribution in [0.1, 0.15) is 71.0 Å². The molecule has 3 aromatic carbocycles. The molecule has 0 spiro atoms. The normalized spacial score (nSPS) is 19.8. The molecule has 0 fully saturated rings. The maximum atomic E-state index is 2.65. The molecule has 2 nitrogen and oxygen atoms in total. The lowest BCUT2D eigenvalue weighted by molar-refractivity contribution is -0.840. The summed E-state index contributed by atoms with van der Waals surface area (Å²) in [4.78, 5) is 0. The molecule has 0 aliphatic carbocycles. The van der Waals surface area contributed by atoms with Gasteiger partial charge in [-0.15, -0.1) is 0 Å². The Kier molecular flexibility index (Phi) is 6.38. The lowest BCUT2D eigenvalue weighted by Crippen LogP contribution is -2.74. The molecule has 2 aromatic heterocycles. The summed E-state index contributed by atoms with van der Waals surface area (Å²) in [7, 11) is 0. The summed E-state index contributed by atoms with van der Waals surface area (Å²) in [5, 5.41) is 2.61. The van der Waals surface area contributed by atoms with E-state index in [0.717, 1.165) is 6.42 Å². The molecule has 4 heterocycles. The summed E-state index contributed by atoms with van der Waals surface area (Å²) in [5.41, 5.74) is 7.85. The highest BCUT2D eigenvalue weighted by atomic mass is 15.2. The molecule has 0 radical (unpaired) electrons. The van der Waals surface area contributed by atoms with Crippen molar-refractivity contribution in [2.75, 3.05) is 0 Å². The van der Waals surface area contributed by atoms with Crippen LogP contribution in [0.3, 0.4) is 0 Å². The maximum absolute atomic E-state index is 2.65. The molecule has 0 saturated heterocycles. The number of aromatic nitrogens is 2. The summed E-state index contributed by atoms with van der Waals surface area (Å²) in [6.07, 6.45) is 8.29. The second kappa shape index (κ2) is 9.75. The average Bonchev–Trinajstić information content (AvgIpc) is 3.32. The number of benzene rings is 3. The third-order valence-corrected chi connectivity index (χ3v) is 9.42. The lowest BCUT2D eigenvalue weighted by atomic mass is 9.58. The van der Waals surface area contributed by atoms with E-state index in [9.17, 15) is 0 Å². The fourth-order valence-corrected chi connectivity index (χ4v) is 7.39. The predicted octanol–water partition coefficient (Wildman–Crippen LogP) is 8.55. The molecule has 2 aliphatic rings. The summed E-state index contributed by atoms with van der Waals surface area (Å²) >= 11 is 0. The fraction of sp³-hybridized carbons (Fsp3) is 0.297. The maximum Gasteiger partial charge on any atom is 0.249 e. The van der Waals surface area contributed by atoms with Crippen molar-refractivity contribution in [3.63, 3.8) is 0 Å². The number of pyridine rings is 2. The van der Waals surface area contributed by atoms with Crippen LogP contribution >= 0.6 is 0 Å². The van der Waals surface area contributed by atoms with Gasteiger partial charge in [0.05, 0.1) is 21.9 Å². The van der Waals surface area contributed by atoms with Crippen molar-refractivity contribution in [3.8, 4) is 22.5 Å². The molecule has 196 valence electrons. The first-order chi connectivity index (χ1) is 19.0. The molecule has 2 aliphatic heterocycles. The lowest BCUT2D eigenvalue weighted by Gasteiger charge is -2.47. The summed E-state index contributed by atoms with van der Waals surface area (Å²) < 4.78 is 5.18. The van der Waals surface area contributed by atoms with Crippen LogP contribution in [-0.2, 0) is 11.0 Å². The molecule has 1 unspecified atom stereocenters. The van der Waals surface area contributed by atoms with E-state index in [0.29, 0.717) is 0 Å². The minimum Gasteiger partial charge on any atom is -0.184 e. The van der Waals surface area contributed by atoms with Crippen molar-refractivity contribution in [2.24, 2.45) is 0 Å². The van der Waals surface area contributed by atoms with Crippen molar-refractivity contribution < 1.29 is 9.13 Å². The predicted molar refractivity (Wildman–Crippen MR) is 162 cm³/mol. The molecule has 2 heteroatoms. The molecule has 0 bridgehead atoms. The van der Waals surface area contributed by atoms with Gasteiger partial charge in [0.25, 0.3) is 0 Å². The Labute approximate surface area is 233 Å². The molecule has 2 atom stereocenters. The molecular formula is C37H40N2+2. The van der Waals surface area contributed by atoms with E-state index in [1.807, 2.05) is 0 Å². The van der Waals surface area contributed by atoms with E-state index in [1.165, 1.54) is 57.3 Å². The minimum absolute atomic E-state index is 0.124. The van der Waals surface area contributed by atoms with Crippen molar-refractivity contribution in [1.82, 2.24) is 0 Å². The van der Waals surface area contributed by atoms with Crippen LogP contribution in [0.5, 0.6) is 0 Å². The van der Waals surface area contributed by atoms with Gasteiger partial charge in [-0.1, -0.05) is 88.2 Å². The largest absolute Gasteiger partial charge is 0.249 e. The zero-order chi connectivity index (χ0) is 27.2. The van der Waals surface area contributed by atoms with Crippen molar-refractivity contribution >= 4 is 10.8 Å². The highest BCUT2D eigenvalue weighted by Crippen LogP contribution is 2.55. The van der Waals surface area contributed by atoms with E-state index in [2.05, 4.69) is 153 Å².